The van der Waals surface area contributed by atoms with E-state index in [1.165, 1.54) is 18.4 Å². The van der Waals surface area contributed by atoms with Crippen LogP contribution in [-0.2, 0) is 30.5 Å². The molecule has 0 aliphatic carbocycles. The third-order valence-electron chi connectivity index (χ3n) is 7.45. The summed E-state index contributed by atoms with van der Waals surface area (Å²) in [7, 11) is 0. The number of rotatable bonds is 14. The van der Waals surface area contributed by atoms with Gasteiger partial charge in [-0.05, 0) is 83.3 Å². The molecule has 5 N–H and O–H groups in total. The number of nitrogens with one attached hydrogen (secondary N) is 1. The van der Waals surface area contributed by atoms with E-state index in [0.29, 0.717) is 38.0 Å². The average molecular weight is 543 g/mol. The second kappa shape index (κ2) is 14.7. The molecule has 1 unspecified atom stereocenters. The number of ketones is 1. The first-order chi connectivity index (χ1) is 19.4. The number of carbonyl (C=O) groups excluding carboxylic acids is 1. The van der Waals surface area contributed by atoms with Gasteiger partial charge in [0.1, 0.15) is 5.75 Å². The first-order valence-electron chi connectivity index (χ1n) is 14.5. The van der Waals surface area contributed by atoms with Crippen molar-refractivity contribution >= 4 is 5.78 Å². The first kappa shape index (κ1) is 29.4. The lowest BCUT2D eigenvalue weighted by atomic mass is 9.93. The topological polar surface area (TPSA) is 105 Å². The van der Waals surface area contributed by atoms with Gasteiger partial charge in [0.2, 0.25) is 0 Å². The number of hydrogen-bond donors (Lipinski definition) is 4. The van der Waals surface area contributed by atoms with Crippen molar-refractivity contribution < 1.29 is 19.7 Å². The Morgan fingerprint density at radius 2 is 1.77 bits per heavy atom. The summed E-state index contributed by atoms with van der Waals surface area (Å²) in [6, 6.07) is 17.3. The van der Waals surface area contributed by atoms with E-state index in [9.17, 15) is 15.0 Å². The summed E-state index contributed by atoms with van der Waals surface area (Å²) in [5.41, 5.74) is 12.6. The van der Waals surface area contributed by atoms with Gasteiger partial charge in [-0.3, -0.25) is 10.1 Å². The van der Waals surface area contributed by atoms with Gasteiger partial charge in [-0.25, -0.2) is 0 Å². The Bertz CT molecular complexity index is 1320. The number of aryl methyl sites for hydroxylation is 1. The predicted octanol–water partition coefficient (Wildman–Crippen LogP) is 6.05. The molecule has 0 bridgehead atoms. The van der Waals surface area contributed by atoms with Crippen molar-refractivity contribution in [2.45, 2.75) is 70.9 Å². The third kappa shape index (κ3) is 8.44. The average Bonchev–Trinajstić information content (AvgIpc) is 2.95. The van der Waals surface area contributed by atoms with Crippen molar-refractivity contribution in [3.8, 4) is 17.2 Å². The minimum atomic E-state index is -0.126. The third-order valence-corrected chi connectivity index (χ3v) is 7.45. The lowest BCUT2D eigenvalue weighted by molar-refractivity contribution is -0.114. The quantitative estimate of drug-likeness (QED) is 0.146. The van der Waals surface area contributed by atoms with Crippen molar-refractivity contribution in [1.29, 1.82) is 0 Å². The molecule has 1 aliphatic heterocycles. The molecule has 1 atom stereocenters. The number of unbranched alkanes of at least 4 members (excludes halogenated alkanes) is 3. The molecule has 4 rings (SSSR count). The van der Waals surface area contributed by atoms with Crippen LogP contribution in [0.5, 0.6) is 17.2 Å². The van der Waals surface area contributed by atoms with E-state index in [4.69, 9.17) is 10.5 Å². The maximum Gasteiger partial charge on any atom is 0.161 e. The Kier molecular flexibility index (Phi) is 10.8. The molecule has 3 aromatic rings. The van der Waals surface area contributed by atoms with Crippen LogP contribution in [0.15, 0.2) is 66.7 Å². The highest BCUT2D eigenvalue weighted by molar-refractivity contribution is 5.89. The van der Waals surface area contributed by atoms with E-state index >= 15 is 0 Å². The molecule has 6 nitrogen and oxygen atoms in total. The number of fused-ring (bicyclic) bond motifs is 1. The van der Waals surface area contributed by atoms with E-state index in [2.05, 4.69) is 30.4 Å². The molecular formula is C34H42N2O4. The van der Waals surface area contributed by atoms with Crippen LogP contribution in [0.2, 0.25) is 0 Å². The van der Waals surface area contributed by atoms with Gasteiger partial charge in [0, 0.05) is 25.8 Å². The minimum absolute atomic E-state index is 0.0830. The van der Waals surface area contributed by atoms with E-state index in [0.717, 1.165) is 53.6 Å². The number of aromatic hydroxyl groups is 2. The molecule has 0 saturated carbocycles. The van der Waals surface area contributed by atoms with E-state index in [-0.39, 0.29) is 23.4 Å². The maximum atomic E-state index is 12.2. The van der Waals surface area contributed by atoms with Gasteiger partial charge in [0.25, 0.3) is 0 Å². The molecule has 0 aromatic heterocycles. The molecule has 1 heterocycles. The summed E-state index contributed by atoms with van der Waals surface area (Å²) in [5.74, 6) is 0.892. The normalized spacial score (nSPS) is 14.8. The van der Waals surface area contributed by atoms with E-state index in [1.807, 2.05) is 30.3 Å². The van der Waals surface area contributed by atoms with Gasteiger partial charge in [-0.15, -0.1) is 0 Å². The lowest BCUT2D eigenvalue weighted by Crippen LogP contribution is -2.35. The molecular weight excluding hydrogens is 500 g/mol. The molecule has 40 heavy (non-hydrogen) atoms. The van der Waals surface area contributed by atoms with E-state index < -0.39 is 0 Å². The largest absolute Gasteiger partial charge is 0.508 e. The fourth-order valence-electron chi connectivity index (χ4n) is 5.10. The summed E-state index contributed by atoms with van der Waals surface area (Å²) in [6.07, 6.45) is 11.2. The molecule has 212 valence electrons. The zero-order valence-electron chi connectivity index (χ0n) is 23.5. The van der Waals surface area contributed by atoms with Gasteiger partial charge in [-0.1, -0.05) is 62.2 Å². The van der Waals surface area contributed by atoms with Crippen LogP contribution in [0, 0.1) is 0 Å². The van der Waals surface area contributed by atoms with Crippen molar-refractivity contribution in [1.82, 2.24) is 5.32 Å². The second-order valence-electron chi connectivity index (χ2n) is 10.6. The highest BCUT2D eigenvalue weighted by atomic mass is 16.5. The zero-order chi connectivity index (χ0) is 28.3. The Morgan fingerprint density at radius 3 is 2.60 bits per heavy atom. The highest BCUT2D eigenvalue weighted by Gasteiger charge is 2.16. The van der Waals surface area contributed by atoms with Crippen molar-refractivity contribution in [3.05, 3.63) is 100 Å². The van der Waals surface area contributed by atoms with Gasteiger partial charge >= 0.3 is 0 Å². The molecule has 3 aromatic carbocycles. The predicted molar refractivity (Wildman–Crippen MR) is 160 cm³/mol. The number of hydrogen-bond acceptors (Lipinski definition) is 6. The number of allylic oxidation sites excluding steroid dienone is 2. The van der Waals surface area contributed by atoms with Gasteiger partial charge in [0.15, 0.2) is 17.3 Å². The lowest BCUT2D eigenvalue weighted by Gasteiger charge is -2.24. The van der Waals surface area contributed by atoms with Crippen LogP contribution in [0.4, 0.5) is 0 Å². The van der Waals surface area contributed by atoms with E-state index in [1.54, 1.807) is 18.2 Å². The summed E-state index contributed by atoms with van der Waals surface area (Å²) in [4.78, 5) is 12.2. The van der Waals surface area contributed by atoms with Crippen molar-refractivity contribution in [3.63, 3.8) is 0 Å². The molecule has 6 heteroatoms. The molecule has 0 amide bonds. The number of carbonyl (C=O) groups is 1. The van der Waals surface area contributed by atoms with Crippen molar-refractivity contribution in [2.75, 3.05) is 13.2 Å². The Morgan fingerprint density at radius 1 is 1.00 bits per heavy atom. The molecule has 0 fully saturated rings. The number of benzene rings is 3. The molecule has 0 saturated heterocycles. The monoisotopic (exact) mass is 542 g/mol. The summed E-state index contributed by atoms with van der Waals surface area (Å²) in [5, 5.41) is 24.1. The fourth-order valence-corrected chi connectivity index (χ4v) is 5.10. The van der Waals surface area contributed by atoms with Gasteiger partial charge in [-0.2, -0.15) is 0 Å². The van der Waals surface area contributed by atoms with Crippen LogP contribution in [-0.4, -0.2) is 29.1 Å². The Labute approximate surface area is 237 Å². The number of phenolic OH excluding ortho intramolecular Hbond substituents is 2. The van der Waals surface area contributed by atoms with Gasteiger partial charge in [0.05, 0.1) is 12.8 Å². The smallest absolute Gasteiger partial charge is 0.161 e. The summed E-state index contributed by atoms with van der Waals surface area (Å²) < 4.78 is 5.92. The summed E-state index contributed by atoms with van der Waals surface area (Å²) in [6.45, 7) is 3.41. The first-order valence-corrected chi connectivity index (χ1v) is 14.5. The van der Waals surface area contributed by atoms with Crippen LogP contribution >= 0.6 is 0 Å². The highest BCUT2D eigenvalue weighted by Crippen LogP contribution is 2.29. The zero-order valence-corrected chi connectivity index (χ0v) is 23.5. The Hall–Kier alpha value is -3.61. The van der Waals surface area contributed by atoms with Crippen LogP contribution in [0.3, 0.4) is 0 Å². The summed E-state index contributed by atoms with van der Waals surface area (Å²) >= 11 is 0. The fraction of sp³-hybridized carbons (Fsp3) is 0.382. The Balaban J connectivity index is 1.30. The number of ether oxygens (including phenoxy) is 1. The number of phenols is 2. The van der Waals surface area contributed by atoms with Crippen LogP contribution in [0.1, 0.15) is 78.6 Å². The minimum Gasteiger partial charge on any atom is -0.508 e. The molecule has 0 radical (unpaired) electrons. The molecule has 0 spiro atoms. The second-order valence-corrected chi connectivity index (χ2v) is 10.6. The molecule has 1 aliphatic rings. The van der Waals surface area contributed by atoms with Gasteiger partial charge < -0.3 is 20.7 Å². The van der Waals surface area contributed by atoms with Crippen LogP contribution < -0.4 is 15.8 Å². The SMILES string of the molecule is CCCCCC=CC(=O)CCc1ccc(O)c(OCCc2ccc(O)c(Cc3ccc4c(c3)CCNC4N)c2)c1. The standard InChI is InChI=1S/C34H42N2O4/c1-2-3-4-5-6-7-29(37)12-8-24-11-15-32(39)33(23-24)40-19-17-25-10-14-31(38)28(20-25)22-26-9-13-30-27(21-26)16-18-36-34(30)35/h6-7,9-11,13-15,20-21,23,34,36,38-39H,2-5,8,12,16-19,22,35H2,1H3. The maximum absolute atomic E-state index is 12.2. The van der Waals surface area contributed by atoms with Crippen molar-refractivity contribution in [2.24, 2.45) is 5.73 Å². The number of nitrogens with two attached hydrogens (primary N) is 1. The van der Waals surface area contributed by atoms with Crippen LogP contribution in [0.25, 0.3) is 0 Å².